The van der Waals surface area contributed by atoms with Crippen LogP contribution in [-0.2, 0) is 14.8 Å². The van der Waals surface area contributed by atoms with Gasteiger partial charge in [0, 0.05) is 11.6 Å². The molecule has 1 heterocycles. The Bertz CT molecular complexity index is 1050. The van der Waals surface area contributed by atoms with Crippen LogP contribution in [0.25, 0.3) is 10.9 Å². The van der Waals surface area contributed by atoms with Crippen molar-refractivity contribution < 1.29 is 17.9 Å². The number of rotatable bonds is 3. The van der Waals surface area contributed by atoms with E-state index >= 15 is 0 Å². The molecule has 7 heteroatoms. The van der Waals surface area contributed by atoms with E-state index in [0.717, 1.165) is 0 Å². The van der Waals surface area contributed by atoms with Crippen LogP contribution in [0.5, 0.6) is 0 Å². The smallest absolute Gasteiger partial charge is 0.412 e. The molecular formula is C19H20N2O4S. The number of hydrogen-bond donors (Lipinski definition) is 1. The second-order valence-corrected chi connectivity index (χ2v) is 8.61. The van der Waals surface area contributed by atoms with Gasteiger partial charge in [0.25, 0.3) is 10.0 Å². The van der Waals surface area contributed by atoms with Gasteiger partial charge in [-0.1, -0.05) is 30.3 Å². The van der Waals surface area contributed by atoms with Crippen molar-refractivity contribution in [2.24, 2.45) is 0 Å². The Balaban J connectivity index is 2.08. The number of anilines is 1. The van der Waals surface area contributed by atoms with E-state index in [9.17, 15) is 13.2 Å². The van der Waals surface area contributed by atoms with Gasteiger partial charge in [-0.15, -0.1) is 0 Å². The molecule has 0 saturated carbocycles. The molecule has 1 N–H and O–H groups in total. The van der Waals surface area contributed by atoms with E-state index in [1.54, 1.807) is 63.2 Å². The molecule has 0 aliphatic carbocycles. The molecule has 3 rings (SSSR count). The number of carbonyl (C=O) groups is 1. The third-order valence-electron chi connectivity index (χ3n) is 3.61. The van der Waals surface area contributed by atoms with Crippen molar-refractivity contribution in [2.45, 2.75) is 31.3 Å². The minimum absolute atomic E-state index is 0.171. The third kappa shape index (κ3) is 3.57. The number of ether oxygens (including phenoxy) is 1. The molecule has 0 radical (unpaired) electrons. The molecular weight excluding hydrogens is 352 g/mol. The van der Waals surface area contributed by atoms with Crippen LogP contribution in [0.3, 0.4) is 0 Å². The number of benzene rings is 2. The highest BCUT2D eigenvalue weighted by Gasteiger charge is 2.22. The molecule has 1 aromatic heterocycles. The van der Waals surface area contributed by atoms with Crippen molar-refractivity contribution in [2.75, 3.05) is 5.32 Å². The highest BCUT2D eigenvalue weighted by Crippen LogP contribution is 2.28. The van der Waals surface area contributed by atoms with E-state index in [2.05, 4.69) is 5.32 Å². The van der Waals surface area contributed by atoms with E-state index < -0.39 is 21.7 Å². The second kappa shape index (κ2) is 6.49. The molecule has 0 aliphatic rings. The summed E-state index contributed by atoms with van der Waals surface area (Å²) in [5.41, 5.74) is 0.0966. The zero-order valence-corrected chi connectivity index (χ0v) is 15.6. The quantitative estimate of drug-likeness (QED) is 0.746. The highest BCUT2D eigenvalue weighted by molar-refractivity contribution is 7.90. The van der Waals surface area contributed by atoms with Crippen molar-refractivity contribution in [3.05, 3.63) is 60.8 Å². The largest absolute Gasteiger partial charge is 0.444 e. The lowest BCUT2D eigenvalue weighted by Gasteiger charge is -2.20. The Morgan fingerprint density at radius 2 is 1.69 bits per heavy atom. The fraction of sp³-hybridized carbons (Fsp3) is 0.211. The zero-order valence-electron chi connectivity index (χ0n) is 14.8. The van der Waals surface area contributed by atoms with Gasteiger partial charge in [0.2, 0.25) is 0 Å². The van der Waals surface area contributed by atoms with E-state index in [0.29, 0.717) is 16.6 Å². The standard InChI is InChI=1S/C19H20N2O4S/c1-19(2,3)25-18(22)20-16-11-7-8-14-12-13-21(17(14)16)26(23,24)15-9-5-4-6-10-15/h4-13H,1-3H3,(H,20,22). The molecule has 0 bridgehead atoms. The first-order valence-corrected chi connectivity index (χ1v) is 9.53. The van der Waals surface area contributed by atoms with E-state index in [-0.39, 0.29) is 4.90 Å². The Hall–Kier alpha value is -2.80. The van der Waals surface area contributed by atoms with Crippen molar-refractivity contribution in [1.29, 1.82) is 0 Å². The second-order valence-electron chi connectivity index (χ2n) is 6.80. The molecule has 0 saturated heterocycles. The minimum Gasteiger partial charge on any atom is -0.444 e. The van der Waals surface area contributed by atoms with Gasteiger partial charge in [-0.25, -0.2) is 17.2 Å². The number of hydrogen-bond acceptors (Lipinski definition) is 4. The molecule has 3 aromatic rings. The van der Waals surface area contributed by atoms with Gasteiger partial charge in [-0.05, 0) is 45.0 Å². The summed E-state index contributed by atoms with van der Waals surface area (Å²) in [7, 11) is -3.79. The fourth-order valence-corrected chi connectivity index (χ4v) is 3.98. The summed E-state index contributed by atoms with van der Waals surface area (Å²) in [4.78, 5) is 12.3. The van der Waals surface area contributed by atoms with Crippen LogP contribution < -0.4 is 5.32 Å². The molecule has 1 amide bonds. The van der Waals surface area contributed by atoms with Crippen LogP contribution >= 0.6 is 0 Å². The maximum absolute atomic E-state index is 13.0. The van der Waals surface area contributed by atoms with E-state index in [4.69, 9.17) is 4.74 Å². The predicted octanol–water partition coefficient (Wildman–Crippen LogP) is 4.23. The van der Waals surface area contributed by atoms with Gasteiger partial charge < -0.3 is 4.74 Å². The van der Waals surface area contributed by atoms with Crippen molar-refractivity contribution in [1.82, 2.24) is 3.97 Å². The van der Waals surface area contributed by atoms with Gasteiger partial charge >= 0.3 is 6.09 Å². The van der Waals surface area contributed by atoms with Crippen LogP contribution in [0.2, 0.25) is 0 Å². The number of carbonyl (C=O) groups excluding carboxylic acids is 1. The maximum Gasteiger partial charge on any atom is 0.412 e. The van der Waals surface area contributed by atoms with Gasteiger partial charge in [0.15, 0.2) is 0 Å². The van der Waals surface area contributed by atoms with Crippen LogP contribution in [0, 0.1) is 0 Å². The maximum atomic E-state index is 13.0. The van der Waals surface area contributed by atoms with E-state index in [1.807, 2.05) is 0 Å². The summed E-state index contributed by atoms with van der Waals surface area (Å²) in [6, 6.07) is 15.0. The monoisotopic (exact) mass is 372 g/mol. The van der Waals surface area contributed by atoms with Crippen molar-refractivity contribution in [3.63, 3.8) is 0 Å². The fourth-order valence-electron chi connectivity index (χ4n) is 2.59. The summed E-state index contributed by atoms with van der Waals surface area (Å²) < 4.78 is 32.4. The minimum atomic E-state index is -3.79. The molecule has 6 nitrogen and oxygen atoms in total. The van der Waals surface area contributed by atoms with Crippen molar-refractivity contribution >= 4 is 32.7 Å². The number of para-hydroxylation sites is 1. The highest BCUT2D eigenvalue weighted by atomic mass is 32.2. The molecule has 0 spiro atoms. The normalized spacial score (nSPS) is 12.1. The molecule has 2 aromatic carbocycles. The van der Waals surface area contributed by atoms with Gasteiger partial charge in [0.05, 0.1) is 16.1 Å². The molecule has 0 fully saturated rings. The summed E-state index contributed by atoms with van der Waals surface area (Å²) >= 11 is 0. The molecule has 0 atom stereocenters. The topological polar surface area (TPSA) is 77.4 Å². The summed E-state index contributed by atoms with van der Waals surface area (Å²) in [6.07, 6.45) is 0.836. The lowest BCUT2D eigenvalue weighted by atomic mass is 10.2. The lowest BCUT2D eigenvalue weighted by Crippen LogP contribution is -2.27. The third-order valence-corrected chi connectivity index (χ3v) is 5.30. The number of aromatic nitrogens is 1. The average molecular weight is 372 g/mol. The molecule has 0 unspecified atom stereocenters. The molecule has 26 heavy (non-hydrogen) atoms. The van der Waals surface area contributed by atoms with Crippen LogP contribution in [0.4, 0.5) is 10.5 Å². The Kier molecular flexibility index (Phi) is 4.50. The van der Waals surface area contributed by atoms with Crippen LogP contribution in [-0.4, -0.2) is 24.1 Å². The molecule has 0 aliphatic heterocycles. The first-order chi connectivity index (χ1) is 12.2. The van der Waals surface area contributed by atoms with Gasteiger partial charge in [0.1, 0.15) is 5.60 Å². The zero-order chi connectivity index (χ0) is 18.9. The van der Waals surface area contributed by atoms with Gasteiger partial charge in [-0.3, -0.25) is 5.32 Å². The van der Waals surface area contributed by atoms with Crippen LogP contribution in [0.1, 0.15) is 20.8 Å². The number of nitrogens with zero attached hydrogens (tertiary/aromatic N) is 1. The lowest BCUT2D eigenvalue weighted by molar-refractivity contribution is 0.0636. The van der Waals surface area contributed by atoms with Crippen LogP contribution in [0.15, 0.2) is 65.7 Å². The summed E-state index contributed by atoms with van der Waals surface area (Å²) in [5.74, 6) is 0. The molecule has 136 valence electrons. The van der Waals surface area contributed by atoms with E-state index in [1.165, 1.54) is 22.3 Å². The number of fused-ring (bicyclic) bond motifs is 1. The Morgan fingerprint density at radius 1 is 1.00 bits per heavy atom. The number of nitrogens with one attached hydrogen (secondary N) is 1. The van der Waals surface area contributed by atoms with Gasteiger partial charge in [-0.2, -0.15) is 0 Å². The Morgan fingerprint density at radius 3 is 2.35 bits per heavy atom. The Labute approximate surface area is 152 Å². The average Bonchev–Trinajstić information content (AvgIpc) is 3.00. The predicted molar refractivity (Wildman–Crippen MR) is 101 cm³/mol. The summed E-state index contributed by atoms with van der Waals surface area (Å²) in [6.45, 7) is 5.28. The van der Waals surface area contributed by atoms with Crippen molar-refractivity contribution in [3.8, 4) is 0 Å². The first kappa shape index (κ1) is 18.0. The SMILES string of the molecule is CC(C)(C)OC(=O)Nc1cccc2ccn(S(=O)(=O)c3ccccc3)c12. The summed E-state index contributed by atoms with van der Waals surface area (Å²) in [5, 5.41) is 3.34. The number of amides is 1. The first-order valence-electron chi connectivity index (χ1n) is 8.09.